The fourth-order valence-electron chi connectivity index (χ4n) is 2.94. The van der Waals surface area contributed by atoms with Gasteiger partial charge in [-0.05, 0) is 44.0 Å². The fourth-order valence-corrected chi connectivity index (χ4v) is 4.32. The number of carbonyl (C=O) groups is 1. The summed E-state index contributed by atoms with van der Waals surface area (Å²) < 4.78 is 32.4. The van der Waals surface area contributed by atoms with Crippen molar-refractivity contribution >= 4 is 27.3 Å². The van der Waals surface area contributed by atoms with E-state index < -0.39 is 15.9 Å². The van der Waals surface area contributed by atoms with E-state index in [-0.39, 0.29) is 11.7 Å². The number of sulfonamides is 1. The highest BCUT2D eigenvalue weighted by Gasteiger charge is 2.22. The molecule has 2 rings (SSSR count). The van der Waals surface area contributed by atoms with Gasteiger partial charge in [-0.1, -0.05) is 30.7 Å². The molecule has 0 aliphatic carbocycles. The van der Waals surface area contributed by atoms with E-state index in [1.807, 2.05) is 32.9 Å². The Kier molecular flexibility index (Phi) is 6.49. The van der Waals surface area contributed by atoms with Gasteiger partial charge in [0.2, 0.25) is 15.9 Å². The molecule has 2 aromatic carbocycles. The first kappa shape index (κ1) is 20.8. The number of benzene rings is 2. The largest absolute Gasteiger partial charge is 0.497 e. The molecule has 0 bridgehead atoms. The summed E-state index contributed by atoms with van der Waals surface area (Å²) in [4.78, 5) is 12.5. The van der Waals surface area contributed by atoms with Gasteiger partial charge in [0.05, 0.1) is 24.5 Å². The lowest BCUT2D eigenvalue weighted by Crippen LogP contribution is -2.30. The minimum atomic E-state index is -3.69. The van der Waals surface area contributed by atoms with Crippen molar-refractivity contribution in [3.63, 3.8) is 0 Å². The molecule has 6 nitrogen and oxygen atoms in total. The van der Waals surface area contributed by atoms with Crippen molar-refractivity contribution in [3.8, 4) is 5.75 Å². The van der Waals surface area contributed by atoms with Gasteiger partial charge in [0.25, 0.3) is 0 Å². The Hall–Kier alpha value is -2.54. The molecule has 2 aromatic rings. The first-order valence-corrected chi connectivity index (χ1v) is 10.3. The minimum absolute atomic E-state index is 0.319. The highest BCUT2D eigenvalue weighted by molar-refractivity contribution is 7.92. The zero-order valence-electron chi connectivity index (χ0n) is 16.3. The molecule has 7 heteroatoms. The Labute approximate surface area is 161 Å². The molecule has 0 heterocycles. The quantitative estimate of drug-likeness (QED) is 0.756. The van der Waals surface area contributed by atoms with Gasteiger partial charge in [-0.3, -0.25) is 9.52 Å². The van der Waals surface area contributed by atoms with Crippen LogP contribution in [-0.4, -0.2) is 27.2 Å². The van der Waals surface area contributed by atoms with Crippen LogP contribution in [0.5, 0.6) is 5.75 Å². The molecule has 1 unspecified atom stereocenters. The lowest BCUT2D eigenvalue weighted by Gasteiger charge is -2.17. The van der Waals surface area contributed by atoms with Crippen molar-refractivity contribution in [3.05, 3.63) is 53.1 Å². The SMILES string of the molecule is COc1cccc(NS(=O)(=O)CC(C)C(=O)Nc2c(C)cc(C)cc2C)c1. The van der Waals surface area contributed by atoms with Gasteiger partial charge in [-0.25, -0.2) is 8.42 Å². The molecule has 146 valence electrons. The standard InChI is InChI=1S/C20H26N2O4S/c1-13-9-14(2)19(15(3)10-13)21-20(23)16(4)12-27(24,25)22-17-7-6-8-18(11-17)26-5/h6-11,16,22H,12H2,1-5H3,(H,21,23). The third kappa shape index (κ3) is 5.72. The number of hydrogen-bond donors (Lipinski definition) is 2. The maximum atomic E-state index is 12.5. The fraction of sp³-hybridized carbons (Fsp3) is 0.350. The molecule has 0 aliphatic rings. The van der Waals surface area contributed by atoms with Crippen LogP contribution in [0.4, 0.5) is 11.4 Å². The predicted octanol–water partition coefficient (Wildman–Crippen LogP) is 3.64. The first-order valence-electron chi connectivity index (χ1n) is 8.64. The summed E-state index contributed by atoms with van der Waals surface area (Å²) in [5.41, 5.74) is 4.14. The monoisotopic (exact) mass is 390 g/mol. The second-order valence-electron chi connectivity index (χ2n) is 6.78. The van der Waals surface area contributed by atoms with Crippen LogP contribution in [0.3, 0.4) is 0 Å². The Morgan fingerprint density at radius 1 is 1.11 bits per heavy atom. The highest BCUT2D eigenvalue weighted by atomic mass is 32.2. The normalized spacial score (nSPS) is 12.3. The molecule has 0 spiro atoms. The molecule has 0 saturated carbocycles. The lowest BCUT2D eigenvalue weighted by molar-refractivity contribution is -0.118. The average molecular weight is 391 g/mol. The summed E-state index contributed by atoms with van der Waals surface area (Å²) >= 11 is 0. The van der Waals surface area contributed by atoms with E-state index in [9.17, 15) is 13.2 Å². The van der Waals surface area contributed by atoms with Crippen LogP contribution in [0.15, 0.2) is 36.4 Å². The van der Waals surface area contributed by atoms with E-state index in [1.54, 1.807) is 31.2 Å². The van der Waals surface area contributed by atoms with Crippen molar-refractivity contribution < 1.29 is 17.9 Å². The van der Waals surface area contributed by atoms with E-state index in [2.05, 4.69) is 10.0 Å². The summed E-state index contributed by atoms with van der Waals surface area (Å²) in [6.45, 7) is 7.42. The van der Waals surface area contributed by atoms with Gasteiger partial charge in [0.15, 0.2) is 0 Å². The molecule has 0 saturated heterocycles. The van der Waals surface area contributed by atoms with Gasteiger partial charge in [0.1, 0.15) is 5.75 Å². The molecule has 2 N–H and O–H groups in total. The number of amides is 1. The number of aryl methyl sites for hydroxylation is 3. The highest BCUT2D eigenvalue weighted by Crippen LogP contribution is 2.23. The first-order chi connectivity index (χ1) is 12.6. The third-order valence-corrected chi connectivity index (χ3v) is 5.67. The smallest absolute Gasteiger partial charge is 0.233 e. The van der Waals surface area contributed by atoms with Crippen LogP contribution in [0.2, 0.25) is 0 Å². The molecule has 0 radical (unpaired) electrons. The zero-order valence-corrected chi connectivity index (χ0v) is 17.1. The van der Waals surface area contributed by atoms with Gasteiger partial charge >= 0.3 is 0 Å². The van der Waals surface area contributed by atoms with E-state index in [0.717, 1.165) is 22.4 Å². The number of carbonyl (C=O) groups excluding carboxylic acids is 1. The third-order valence-electron chi connectivity index (χ3n) is 4.19. The number of methoxy groups -OCH3 is 1. The van der Waals surface area contributed by atoms with Crippen LogP contribution in [0, 0.1) is 26.7 Å². The molecule has 0 fully saturated rings. The van der Waals surface area contributed by atoms with E-state index in [0.29, 0.717) is 11.4 Å². The second-order valence-corrected chi connectivity index (χ2v) is 8.55. The van der Waals surface area contributed by atoms with Crippen molar-refractivity contribution in [2.45, 2.75) is 27.7 Å². The van der Waals surface area contributed by atoms with E-state index in [1.165, 1.54) is 7.11 Å². The van der Waals surface area contributed by atoms with Gasteiger partial charge in [0, 0.05) is 11.8 Å². The van der Waals surface area contributed by atoms with Crippen LogP contribution >= 0.6 is 0 Å². The summed E-state index contributed by atoms with van der Waals surface area (Å²) in [5, 5.41) is 2.86. The minimum Gasteiger partial charge on any atom is -0.497 e. The second kappa shape index (κ2) is 8.43. The molecule has 1 atom stereocenters. The lowest BCUT2D eigenvalue weighted by atomic mass is 10.0. The summed E-state index contributed by atoms with van der Waals surface area (Å²) in [7, 11) is -2.18. The Morgan fingerprint density at radius 2 is 1.74 bits per heavy atom. The number of ether oxygens (including phenoxy) is 1. The van der Waals surface area contributed by atoms with Crippen LogP contribution in [-0.2, 0) is 14.8 Å². The van der Waals surface area contributed by atoms with E-state index >= 15 is 0 Å². The number of nitrogens with one attached hydrogen (secondary N) is 2. The Bertz CT molecular complexity index is 916. The average Bonchev–Trinajstić information content (AvgIpc) is 2.57. The summed E-state index contributed by atoms with van der Waals surface area (Å²) in [6.07, 6.45) is 0. The van der Waals surface area contributed by atoms with Crippen molar-refractivity contribution in [2.24, 2.45) is 5.92 Å². The molecule has 0 aromatic heterocycles. The molecular formula is C20H26N2O4S. The van der Waals surface area contributed by atoms with Crippen molar-refractivity contribution in [2.75, 3.05) is 22.9 Å². The van der Waals surface area contributed by atoms with Crippen LogP contribution in [0.25, 0.3) is 0 Å². The maximum Gasteiger partial charge on any atom is 0.233 e. The molecular weight excluding hydrogens is 364 g/mol. The van der Waals surface area contributed by atoms with E-state index in [4.69, 9.17) is 4.74 Å². The molecule has 1 amide bonds. The topological polar surface area (TPSA) is 84.5 Å². The number of rotatable bonds is 7. The predicted molar refractivity (Wildman–Crippen MR) is 109 cm³/mol. The van der Waals surface area contributed by atoms with Crippen molar-refractivity contribution in [1.82, 2.24) is 0 Å². The van der Waals surface area contributed by atoms with Crippen LogP contribution in [0.1, 0.15) is 23.6 Å². The van der Waals surface area contributed by atoms with Gasteiger partial charge < -0.3 is 10.1 Å². The number of hydrogen-bond acceptors (Lipinski definition) is 4. The maximum absolute atomic E-state index is 12.5. The van der Waals surface area contributed by atoms with Crippen LogP contribution < -0.4 is 14.8 Å². The molecule has 27 heavy (non-hydrogen) atoms. The van der Waals surface area contributed by atoms with Gasteiger partial charge in [-0.2, -0.15) is 0 Å². The van der Waals surface area contributed by atoms with Crippen molar-refractivity contribution in [1.29, 1.82) is 0 Å². The summed E-state index contributed by atoms with van der Waals surface area (Å²) in [6, 6.07) is 10.6. The Balaban J connectivity index is 2.06. The number of anilines is 2. The van der Waals surface area contributed by atoms with Gasteiger partial charge in [-0.15, -0.1) is 0 Å². The summed E-state index contributed by atoms with van der Waals surface area (Å²) in [5.74, 6) is -0.819. The Morgan fingerprint density at radius 3 is 2.33 bits per heavy atom. The zero-order chi connectivity index (χ0) is 20.2. The molecule has 0 aliphatic heterocycles.